The van der Waals surface area contributed by atoms with Gasteiger partial charge < -0.3 is 14.6 Å². The van der Waals surface area contributed by atoms with Gasteiger partial charge in [-0.2, -0.15) is 0 Å². The highest BCUT2D eigenvalue weighted by atomic mass is 19.1. The first kappa shape index (κ1) is 28.2. The number of nitrogens with zero attached hydrogens (tertiary/aromatic N) is 2. The van der Waals surface area contributed by atoms with Gasteiger partial charge in [-0.1, -0.05) is 43.3 Å². The highest BCUT2D eigenvalue weighted by Crippen LogP contribution is 2.27. The van der Waals surface area contributed by atoms with E-state index in [1.165, 1.54) is 11.6 Å². The van der Waals surface area contributed by atoms with Crippen molar-refractivity contribution in [2.45, 2.75) is 26.7 Å². The lowest BCUT2D eigenvalue weighted by molar-refractivity contribution is 0.112. The molecule has 0 aliphatic heterocycles. The molecule has 0 radical (unpaired) electrons. The third-order valence-corrected chi connectivity index (χ3v) is 6.80. The number of aryl methyl sites for hydroxylation is 2. The Hall–Kier alpha value is -4.78. The van der Waals surface area contributed by atoms with Crippen molar-refractivity contribution in [3.8, 4) is 11.5 Å². The van der Waals surface area contributed by atoms with Gasteiger partial charge in [0.25, 0.3) is 0 Å². The fraction of sp³-hybridized carbons (Fsp3) is 0.182. The molecule has 0 atom stereocenters. The molecule has 5 aromatic rings. The number of halogens is 1. The van der Waals surface area contributed by atoms with Crippen LogP contribution < -0.4 is 15.5 Å². The average molecular weight is 538 g/mol. The van der Waals surface area contributed by atoms with Crippen LogP contribution in [-0.4, -0.2) is 22.9 Å². The van der Waals surface area contributed by atoms with Crippen LogP contribution in [0.4, 0.5) is 10.1 Å². The van der Waals surface area contributed by atoms with E-state index in [4.69, 9.17) is 4.74 Å². The van der Waals surface area contributed by atoms with E-state index in [1.807, 2.05) is 73.1 Å². The molecule has 3 aromatic carbocycles. The molecule has 0 spiro atoms. The van der Waals surface area contributed by atoms with Gasteiger partial charge in [0.2, 0.25) is 0 Å². The minimum absolute atomic E-state index is 0.166. The van der Waals surface area contributed by atoms with E-state index >= 15 is 0 Å². The monoisotopic (exact) mass is 537 g/mol. The standard InChI is InChI=1S/C19H17FN2O.C14H15NO2/c1-21-15-7-8-19(18(20)13-15)23-17-9-10-22-16(12-17)11-14-5-3-2-4-6-14;1-4-10-5-6-13-11(7-10)14(17)12(8-16)9(2)15(13)3/h2-10,12-13,21H,11H2,1H3;5-8H,4H2,1-3H3. The molecular weight excluding hydrogens is 505 g/mol. The molecular formula is C33H32FN3O3. The molecule has 0 bridgehead atoms. The molecule has 40 heavy (non-hydrogen) atoms. The molecule has 5 rings (SSSR count). The molecule has 1 N–H and O–H groups in total. The number of benzene rings is 3. The lowest BCUT2D eigenvalue weighted by atomic mass is 10.0. The Bertz CT molecular complexity index is 1700. The van der Waals surface area contributed by atoms with Crippen molar-refractivity contribution >= 4 is 22.9 Å². The molecule has 2 heterocycles. The van der Waals surface area contributed by atoms with Gasteiger partial charge >= 0.3 is 0 Å². The van der Waals surface area contributed by atoms with Gasteiger partial charge in [-0.05, 0) is 54.8 Å². The number of pyridine rings is 2. The summed E-state index contributed by atoms with van der Waals surface area (Å²) in [6, 6.07) is 24.2. The van der Waals surface area contributed by atoms with Crippen LogP contribution in [0, 0.1) is 12.7 Å². The Labute approximate surface area is 233 Å². The maximum atomic E-state index is 14.0. The van der Waals surface area contributed by atoms with Crippen LogP contribution in [-0.2, 0) is 19.9 Å². The minimum Gasteiger partial charge on any atom is -0.454 e. The summed E-state index contributed by atoms with van der Waals surface area (Å²) in [6.45, 7) is 3.83. The zero-order chi connectivity index (χ0) is 28.6. The number of ether oxygens (including phenoxy) is 1. The van der Waals surface area contributed by atoms with E-state index in [-0.39, 0.29) is 16.7 Å². The first-order chi connectivity index (χ1) is 19.3. The number of fused-ring (bicyclic) bond motifs is 1. The molecule has 0 aliphatic carbocycles. The van der Waals surface area contributed by atoms with Crippen molar-refractivity contribution in [2.75, 3.05) is 12.4 Å². The molecule has 204 valence electrons. The third-order valence-electron chi connectivity index (χ3n) is 6.80. The molecule has 0 aliphatic rings. The fourth-order valence-electron chi connectivity index (χ4n) is 4.37. The number of carbonyl (C=O) groups is 1. The number of anilines is 1. The van der Waals surface area contributed by atoms with E-state index in [1.54, 1.807) is 38.4 Å². The summed E-state index contributed by atoms with van der Waals surface area (Å²) in [5.41, 5.74) is 5.53. The number of carbonyl (C=O) groups excluding carboxylic acids is 1. The number of rotatable bonds is 7. The average Bonchev–Trinajstić information content (AvgIpc) is 2.98. The number of hydrogen-bond acceptors (Lipinski definition) is 5. The van der Waals surface area contributed by atoms with Gasteiger partial charge in [0.15, 0.2) is 23.3 Å². The number of nitrogens with one attached hydrogen (secondary N) is 1. The smallest absolute Gasteiger partial charge is 0.200 e. The summed E-state index contributed by atoms with van der Waals surface area (Å²) in [5.74, 6) is 0.362. The van der Waals surface area contributed by atoms with Crippen LogP contribution >= 0.6 is 0 Å². The Kier molecular flexibility index (Phi) is 9.07. The summed E-state index contributed by atoms with van der Waals surface area (Å²) in [5, 5.41) is 3.51. The van der Waals surface area contributed by atoms with E-state index in [2.05, 4.69) is 10.3 Å². The van der Waals surface area contributed by atoms with Crippen molar-refractivity contribution in [1.82, 2.24) is 9.55 Å². The van der Waals surface area contributed by atoms with Gasteiger partial charge in [0.05, 0.1) is 11.1 Å². The predicted molar refractivity (Wildman–Crippen MR) is 158 cm³/mol. The van der Waals surface area contributed by atoms with E-state index in [0.29, 0.717) is 35.2 Å². The molecule has 2 aromatic heterocycles. The van der Waals surface area contributed by atoms with Crippen molar-refractivity contribution < 1.29 is 13.9 Å². The first-order valence-electron chi connectivity index (χ1n) is 13.1. The third kappa shape index (κ3) is 6.43. The summed E-state index contributed by atoms with van der Waals surface area (Å²) < 4.78 is 21.5. The Morgan fingerprint density at radius 2 is 1.77 bits per heavy atom. The summed E-state index contributed by atoms with van der Waals surface area (Å²) in [4.78, 5) is 27.5. The van der Waals surface area contributed by atoms with Gasteiger partial charge in [0.1, 0.15) is 5.75 Å². The van der Waals surface area contributed by atoms with Gasteiger partial charge in [-0.25, -0.2) is 4.39 Å². The quantitative estimate of drug-likeness (QED) is 0.230. The molecule has 0 fully saturated rings. The van der Waals surface area contributed by atoms with E-state index in [9.17, 15) is 14.0 Å². The van der Waals surface area contributed by atoms with Gasteiger partial charge in [0, 0.05) is 61.3 Å². The topological polar surface area (TPSA) is 73.2 Å². The van der Waals surface area contributed by atoms with Crippen LogP contribution in [0.3, 0.4) is 0 Å². The van der Waals surface area contributed by atoms with Crippen LogP contribution in [0.5, 0.6) is 11.5 Å². The van der Waals surface area contributed by atoms with Crippen LogP contribution in [0.2, 0.25) is 0 Å². The molecule has 7 heteroatoms. The molecule has 0 saturated carbocycles. The number of aromatic nitrogens is 2. The van der Waals surface area contributed by atoms with Crippen molar-refractivity contribution in [1.29, 1.82) is 0 Å². The van der Waals surface area contributed by atoms with Gasteiger partial charge in [-0.15, -0.1) is 0 Å². The maximum Gasteiger partial charge on any atom is 0.200 e. The maximum absolute atomic E-state index is 14.0. The second-order valence-electron chi connectivity index (χ2n) is 9.35. The van der Waals surface area contributed by atoms with Crippen molar-refractivity contribution in [3.63, 3.8) is 0 Å². The Balaban J connectivity index is 0.000000194. The highest BCUT2D eigenvalue weighted by Gasteiger charge is 2.11. The van der Waals surface area contributed by atoms with E-state index < -0.39 is 5.82 Å². The highest BCUT2D eigenvalue weighted by molar-refractivity contribution is 5.88. The summed E-state index contributed by atoms with van der Waals surface area (Å²) >= 11 is 0. The molecule has 6 nitrogen and oxygen atoms in total. The lowest BCUT2D eigenvalue weighted by Crippen LogP contribution is -2.17. The zero-order valence-electron chi connectivity index (χ0n) is 23.1. The van der Waals surface area contributed by atoms with Crippen LogP contribution in [0.1, 0.15) is 39.8 Å². The molecule has 0 unspecified atom stereocenters. The number of hydrogen-bond donors (Lipinski definition) is 1. The predicted octanol–water partition coefficient (Wildman–Crippen LogP) is 6.87. The normalized spacial score (nSPS) is 10.5. The SMILES string of the molecule is CCc1ccc2c(c1)c(=O)c(C=O)c(C)n2C.CNc1ccc(Oc2ccnc(Cc3ccccc3)c2)c(F)c1. The minimum atomic E-state index is -0.404. The summed E-state index contributed by atoms with van der Waals surface area (Å²) in [7, 11) is 3.61. The summed E-state index contributed by atoms with van der Waals surface area (Å²) in [6.07, 6.45) is 3.91. The van der Waals surface area contributed by atoms with Gasteiger partial charge in [-0.3, -0.25) is 14.6 Å². The van der Waals surface area contributed by atoms with Crippen molar-refractivity contribution in [2.24, 2.45) is 7.05 Å². The van der Waals surface area contributed by atoms with Crippen LogP contribution in [0.25, 0.3) is 10.9 Å². The largest absolute Gasteiger partial charge is 0.454 e. The molecule has 0 saturated heterocycles. The van der Waals surface area contributed by atoms with Crippen molar-refractivity contribution in [3.05, 3.63) is 129 Å². The second kappa shape index (κ2) is 12.8. The Morgan fingerprint density at radius 1 is 1.00 bits per heavy atom. The second-order valence-corrected chi connectivity index (χ2v) is 9.35. The number of aldehydes is 1. The van der Waals surface area contributed by atoms with E-state index in [0.717, 1.165) is 23.2 Å². The van der Waals surface area contributed by atoms with Crippen LogP contribution in [0.15, 0.2) is 89.9 Å². The Morgan fingerprint density at radius 3 is 2.45 bits per heavy atom. The molecule has 0 amide bonds. The first-order valence-corrected chi connectivity index (χ1v) is 13.1. The fourth-order valence-corrected chi connectivity index (χ4v) is 4.37. The lowest BCUT2D eigenvalue weighted by Gasteiger charge is -2.12. The zero-order valence-corrected chi connectivity index (χ0v) is 23.1.